The van der Waals surface area contributed by atoms with Crippen LogP contribution in [-0.4, -0.2) is 10.9 Å². The van der Waals surface area contributed by atoms with Crippen LogP contribution in [0.2, 0.25) is 0 Å². The van der Waals surface area contributed by atoms with Crippen LogP contribution < -0.4 is 10.1 Å². The van der Waals surface area contributed by atoms with Crippen LogP contribution in [0.1, 0.15) is 26.6 Å². The summed E-state index contributed by atoms with van der Waals surface area (Å²) in [5.41, 5.74) is 3.36. The molecule has 5 heteroatoms. The first-order valence-electron chi connectivity index (χ1n) is 7.62. The van der Waals surface area contributed by atoms with Crippen LogP contribution in [0.5, 0.6) is 5.75 Å². The topological polar surface area (TPSA) is 51.2 Å². The normalized spacial score (nSPS) is 10.4. The predicted molar refractivity (Wildman–Crippen MR) is 96.8 cm³/mol. The summed E-state index contributed by atoms with van der Waals surface area (Å²) in [5, 5.41) is 5.93. The molecule has 0 aliphatic rings. The summed E-state index contributed by atoms with van der Waals surface area (Å²) in [4.78, 5) is 16.7. The van der Waals surface area contributed by atoms with E-state index in [0.29, 0.717) is 17.9 Å². The zero-order chi connectivity index (χ0) is 16.9. The van der Waals surface area contributed by atoms with Crippen molar-refractivity contribution in [3.63, 3.8) is 0 Å². The second kappa shape index (κ2) is 7.27. The number of carbonyl (C=O) groups is 1. The Balaban J connectivity index is 1.61. The van der Waals surface area contributed by atoms with Crippen molar-refractivity contribution in [2.75, 3.05) is 5.32 Å². The highest BCUT2D eigenvalue weighted by molar-refractivity contribution is 7.09. The molecule has 0 saturated heterocycles. The zero-order valence-corrected chi connectivity index (χ0v) is 14.4. The summed E-state index contributed by atoms with van der Waals surface area (Å²) in [6.07, 6.45) is 0. The minimum atomic E-state index is -0.133. The first-order valence-corrected chi connectivity index (χ1v) is 8.50. The summed E-state index contributed by atoms with van der Waals surface area (Å²) in [5.74, 6) is 0.582. The molecule has 2 aromatic carbocycles. The van der Waals surface area contributed by atoms with Crippen LogP contribution in [-0.2, 0) is 6.61 Å². The molecule has 24 heavy (non-hydrogen) atoms. The van der Waals surface area contributed by atoms with E-state index in [1.807, 2.05) is 43.5 Å². The molecule has 0 saturated carbocycles. The van der Waals surface area contributed by atoms with E-state index in [1.165, 1.54) is 0 Å². The van der Waals surface area contributed by atoms with E-state index in [9.17, 15) is 4.79 Å². The molecule has 0 radical (unpaired) electrons. The van der Waals surface area contributed by atoms with Gasteiger partial charge in [-0.25, -0.2) is 4.98 Å². The van der Waals surface area contributed by atoms with Crippen molar-refractivity contribution in [2.24, 2.45) is 0 Å². The lowest BCUT2D eigenvalue weighted by molar-refractivity contribution is 0.102. The molecule has 0 aliphatic carbocycles. The van der Waals surface area contributed by atoms with Gasteiger partial charge < -0.3 is 10.1 Å². The number of thiazole rings is 1. The largest absolute Gasteiger partial charge is 0.487 e. The van der Waals surface area contributed by atoms with E-state index in [1.54, 1.807) is 35.6 Å². The Labute approximate surface area is 145 Å². The third-order valence-corrected chi connectivity index (χ3v) is 4.39. The summed E-state index contributed by atoms with van der Waals surface area (Å²) in [6, 6.07) is 14.8. The molecule has 0 bridgehead atoms. The number of ether oxygens (including phenoxy) is 1. The first kappa shape index (κ1) is 16.2. The van der Waals surface area contributed by atoms with Crippen LogP contribution >= 0.6 is 11.3 Å². The van der Waals surface area contributed by atoms with Crippen molar-refractivity contribution in [3.05, 3.63) is 75.7 Å². The lowest BCUT2D eigenvalue weighted by atomic mass is 10.1. The maximum absolute atomic E-state index is 12.3. The molecule has 4 nitrogen and oxygen atoms in total. The Kier molecular flexibility index (Phi) is 4.91. The lowest BCUT2D eigenvalue weighted by Crippen LogP contribution is -2.12. The average molecular weight is 338 g/mol. The van der Waals surface area contributed by atoms with Gasteiger partial charge in [-0.05, 0) is 49.7 Å². The number of aryl methyl sites for hydroxylation is 2. The number of anilines is 1. The van der Waals surface area contributed by atoms with Gasteiger partial charge in [0.05, 0.1) is 10.7 Å². The summed E-state index contributed by atoms with van der Waals surface area (Å²) < 4.78 is 5.69. The van der Waals surface area contributed by atoms with Gasteiger partial charge in [-0.3, -0.25) is 4.79 Å². The number of hydrogen-bond acceptors (Lipinski definition) is 4. The fourth-order valence-electron chi connectivity index (χ4n) is 2.24. The summed E-state index contributed by atoms with van der Waals surface area (Å²) in [7, 11) is 0. The number of amides is 1. The van der Waals surface area contributed by atoms with Gasteiger partial charge in [0.2, 0.25) is 0 Å². The number of hydrogen-bond donors (Lipinski definition) is 1. The minimum Gasteiger partial charge on any atom is -0.487 e. The van der Waals surface area contributed by atoms with Gasteiger partial charge in [-0.15, -0.1) is 11.3 Å². The zero-order valence-electron chi connectivity index (χ0n) is 13.6. The van der Waals surface area contributed by atoms with E-state index in [4.69, 9.17) is 4.74 Å². The molecule has 0 atom stereocenters. The number of aromatic nitrogens is 1. The number of rotatable bonds is 5. The minimum absolute atomic E-state index is 0.133. The molecule has 0 spiro atoms. The van der Waals surface area contributed by atoms with Gasteiger partial charge in [0.25, 0.3) is 5.91 Å². The van der Waals surface area contributed by atoms with Crippen LogP contribution in [0.3, 0.4) is 0 Å². The Morgan fingerprint density at radius 1 is 1.12 bits per heavy atom. The van der Waals surface area contributed by atoms with E-state index < -0.39 is 0 Å². The van der Waals surface area contributed by atoms with Crippen molar-refractivity contribution in [1.82, 2.24) is 4.98 Å². The van der Waals surface area contributed by atoms with Gasteiger partial charge in [0, 0.05) is 16.6 Å². The second-order valence-electron chi connectivity index (χ2n) is 5.44. The number of nitrogens with one attached hydrogen (secondary N) is 1. The molecule has 122 valence electrons. The highest BCUT2D eigenvalue weighted by Crippen LogP contribution is 2.18. The Hall–Kier alpha value is -2.66. The molecule has 0 aliphatic heterocycles. The fraction of sp³-hybridized carbons (Fsp3) is 0.158. The summed E-state index contributed by atoms with van der Waals surface area (Å²) in [6.45, 7) is 4.36. The van der Waals surface area contributed by atoms with Crippen molar-refractivity contribution in [2.45, 2.75) is 20.5 Å². The Morgan fingerprint density at radius 2 is 1.88 bits per heavy atom. The van der Waals surface area contributed by atoms with Crippen molar-refractivity contribution < 1.29 is 9.53 Å². The quantitative estimate of drug-likeness (QED) is 0.740. The van der Waals surface area contributed by atoms with E-state index in [0.717, 1.165) is 22.0 Å². The first-order chi connectivity index (χ1) is 11.6. The molecular weight excluding hydrogens is 320 g/mol. The molecule has 3 aromatic rings. The van der Waals surface area contributed by atoms with E-state index in [-0.39, 0.29) is 5.91 Å². The lowest BCUT2D eigenvalue weighted by Gasteiger charge is -2.09. The molecule has 1 N–H and O–H groups in total. The van der Waals surface area contributed by atoms with Crippen molar-refractivity contribution >= 4 is 22.9 Å². The molecule has 1 amide bonds. The molecule has 0 fully saturated rings. The second-order valence-corrected chi connectivity index (χ2v) is 6.50. The summed E-state index contributed by atoms with van der Waals surface area (Å²) >= 11 is 1.60. The van der Waals surface area contributed by atoms with Crippen LogP contribution in [0, 0.1) is 13.8 Å². The van der Waals surface area contributed by atoms with Gasteiger partial charge in [0.15, 0.2) is 0 Å². The molecular formula is C19H18N2O2S. The average Bonchev–Trinajstić information content (AvgIpc) is 3.01. The number of para-hydroxylation sites is 1. The molecule has 1 aromatic heterocycles. The Bertz CT molecular complexity index is 841. The van der Waals surface area contributed by atoms with Gasteiger partial charge in [-0.1, -0.05) is 18.2 Å². The number of benzene rings is 2. The fourth-order valence-corrected chi connectivity index (χ4v) is 2.84. The van der Waals surface area contributed by atoms with Gasteiger partial charge in [-0.2, -0.15) is 0 Å². The highest BCUT2D eigenvalue weighted by atomic mass is 32.1. The third-order valence-electron chi connectivity index (χ3n) is 3.56. The third kappa shape index (κ3) is 4.00. The maximum Gasteiger partial charge on any atom is 0.255 e. The van der Waals surface area contributed by atoms with Crippen LogP contribution in [0.15, 0.2) is 53.9 Å². The smallest absolute Gasteiger partial charge is 0.255 e. The van der Waals surface area contributed by atoms with Gasteiger partial charge >= 0.3 is 0 Å². The SMILES string of the molecule is Cc1nc(COc2ccc(C(=O)Nc3ccccc3C)cc2)cs1. The van der Waals surface area contributed by atoms with Crippen molar-refractivity contribution in [1.29, 1.82) is 0 Å². The number of nitrogens with zero attached hydrogens (tertiary/aromatic N) is 1. The Morgan fingerprint density at radius 3 is 2.54 bits per heavy atom. The van der Waals surface area contributed by atoms with Gasteiger partial charge in [0.1, 0.15) is 12.4 Å². The number of carbonyl (C=O) groups excluding carboxylic acids is 1. The molecule has 3 rings (SSSR count). The van der Waals surface area contributed by atoms with Crippen LogP contribution in [0.25, 0.3) is 0 Å². The molecule has 1 heterocycles. The monoisotopic (exact) mass is 338 g/mol. The van der Waals surface area contributed by atoms with Crippen LogP contribution in [0.4, 0.5) is 5.69 Å². The maximum atomic E-state index is 12.3. The van der Waals surface area contributed by atoms with E-state index in [2.05, 4.69) is 10.3 Å². The predicted octanol–water partition coefficient (Wildman–Crippen LogP) is 4.59. The van der Waals surface area contributed by atoms with E-state index >= 15 is 0 Å². The highest BCUT2D eigenvalue weighted by Gasteiger charge is 2.08. The van der Waals surface area contributed by atoms with Crippen molar-refractivity contribution in [3.8, 4) is 5.75 Å². The molecule has 0 unspecified atom stereocenters. The standard InChI is InChI=1S/C19H18N2O2S/c1-13-5-3-4-6-18(13)21-19(22)15-7-9-17(10-8-15)23-11-16-12-24-14(2)20-16/h3-10,12H,11H2,1-2H3,(H,21,22).